The van der Waals surface area contributed by atoms with Crippen LogP contribution < -0.4 is 4.31 Å². The van der Waals surface area contributed by atoms with Gasteiger partial charge in [-0.15, -0.1) is 0 Å². The number of nitrogens with zero attached hydrogens (tertiary/aromatic N) is 2. The largest absolute Gasteiger partial charge is 0.480 e. The molecule has 148 valence electrons. The number of hydrogen-bond acceptors (Lipinski definition) is 4. The smallest absolute Gasteiger partial charge is 0.326 e. The molecule has 3 rings (SSSR count). The summed E-state index contributed by atoms with van der Waals surface area (Å²) >= 11 is 0. The van der Waals surface area contributed by atoms with Gasteiger partial charge in [0.15, 0.2) is 0 Å². The number of aryl methyl sites for hydroxylation is 1. The van der Waals surface area contributed by atoms with Crippen molar-refractivity contribution < 1.29 is 23.1 Å². The van der Waals surface area contributed by atoms with Crippen molar-refractivity contribution in [3.05, 3.63) is 59.7 Å². The van der Waals surface area contributed by atoms with Crippen LogP contribution in [0.25, 0.3) is 0 Å². The molecule has 0 radical (unpaired) electrons. The number of amides is 1. The first-order valence-corrected chi connectivity index (χ1v) is 10.4. The van der Waals surface area contributed by atoms with E-state index in [1.807, 2.05) is 6.92 Å². The lowest BCUT2D eigenvalue weighted by Gasteiger charge is -2.22. The highest BCUT2D eigenvalue weighted by atomic mass is 32.2. The molecule has 2 aromatic carbocycles. The van der Waals surface area contributed by atoms with E-state index in [9.17, 15) is 23.1 Å². The number of likely N-dealkylation sites (tertiary alicyclic amines) is 1. The first-order chi connectivity index (χ1) is 13.2. The average molecular weight is 402 g/mol. The molecule has 0 aliphatic carbocycles. The zero-order valence-electron chi connectivity index (χ0n) is 15.7. The Balaban J connectivity index is 1.81. The molecule has 0 spiro atoms. The van der Waals surface area contributed by atoms with Crippen LogP contribution in [0.15, 0.2) is 53.4 Å². The van der Waals surface area contributed by atoms with Gasteiger partial charge in [-0.25, -0.2) is 13.2 Å². The fourth-order valence-corrected chi connectivity index (χ4v) is 4.45. The van der Waals surface area contributed by atoms with Crippen LogP contribution in [-0.4, -0.2) is 49.9 Å². The summed E-state index contributed by atoms with van der Waals surface area (Å²) in [6.07, 6.45) is 1.09. The third-order valence-corrected chi connectivity index (χ3v) is 6.76. The number of rotatable bonds is 5. The number of anilines is 1. The number of carbonyl (C=O) groups excluding carboxylic acids is 1. The lowest BCUT2D eigenvalue weighted by molar-refractivity contribution is -0.141. The molecule has 0 unspecified atom stereocenters. The summed E-state index contributed by atoms with van der Waals surface area (Å²) in [6, 6.07) is 11.9. The Morgan fingerprint density at radius 1 is 1.07 bits per heavy atom. The maximum Gasteiger partial charge on any atom is 0.326 e. The first kappa shape index (κ1) is 19.9. The van der Waals surface area contributed by atoms with Gasteiger partial charge in [0, 0.05) is 19.2 Å². The van der Waals surface area contributed by atoms with Crippen molar-refractivity contribution in [3.8, 4) is 0 Å². The SMILES string of the molecule is Cc1ccc(S(=O)(=O)N(C)c2ccc(C(=O)N3CCC[C@H]3C(=O)O)cc2)cc1. The Labute approximate surface area is 164 Å². The second-order valence-electron chi connectivity index (χ2n) is 6.83. The minimum absolute atomic E-state index is 0.183. The van der Waals surface area contributed by atoms with E-state index in [0.29, 0.717) is 30.6 Å². The van der Waals surface area contributed by atoms with E-state index < -0.39 is 22.0 Å². The van der Waals surface area contributed by atoms with Gasteiger partial charge in [0.1, 0.15) is 6.04 Å². The maximum absolute atomic E-state index is 12.8. The van der Waals surface area contributed by atoms with E-state index in [0.717, 1.165) is 9.87 Å². The minimum Gasteiger partial charge on any atom is -0.480 e. The highest BCUT2D eigenvalue weighted by Crippen LogP contribution is 2.25. The van der Waals surface area contributed by atoms with Crippen LogP contribution >= 0.6 is 0 Å². The summed E-state index contributed by atoms with van der Waals surface area (Å²) in [5.74, 6) is -1.37. The molecule has 0 aromatic heterocycles. The second kappa shape index (κ2) is 7.63. The molecular weight excluding hydrogens is 380 g/mol. The van der Waals surface area contributed by atoms with Gasteiger partial charge in [0.2, 0.25) is 0 Å². The van der Waals surface area contributed by atoms with Gasteiger partial charge in [-0.2, -0.15) is 0 Å². The monoisotopic (exact) mass is 402 g/mol. The molecule has 1 aliphatic heterocycles. The normalized spacial score (nSPS) is 16.8. The summed E-state index contributed by atoms with van der Waals surface area (Å²) in [6.45, 7) is 2.28. The van der Waals surface area contributed by atoms with Crippen molar-refractivity contribution in [3.63, 3.8) is 0 Å². The van der Waals surface area contributed by atoms with Gasteiger partial charge in [-0.05, 0) is 56.2 Å². The van der Waals surface area contributed by atoms with Crippen LogP contribution in [-0.2, 0) is 14.8 Å². The van der Waals surface area contributed by atoms with Crippen molar-refractivity contribution in [2.24, 2.45) is 0 Å². The van der Waals surface area contributed by atoms with Crippen molar-refractivity contribution in [2.75, 3.05) is 17.9 Å². The zero-order chi connectivity index (χ0) is 20.5. The number of hydrogen-bond donors (Lipinski definition) is 1. The molecule has 2 aromatic rings. The van der Waals surface area contributed by atoms with Crippen LogP contribution in [0.1, 0.15) is 28.8 Å². The van der Waals surface area contributed by atoms with E-state index in [1.54, 1.807) is 36.4 Å². The van der Waals surface area contributed by atoms with Crippen LogP contribution in [0, 0.1) is 6.92 Å². The molecule has 1 heterocycles. The Kier molecular flexibility index (Phi) is 5.42. The molecular formula is C20H22N2O5S. The molecule has 28 heavy (non-hydrogen) atoms. The third-order valence-electron chi connectivity index (χ3n) is 4.96. The first-order valence-electron chi connectivity index (χ1n) is 8.91. The van der Waals surface area contributed by atoms with Crippen molar-refractivity contribution in [2.45, 2.75) is 30.7 Å². The van der Waals surface area contributed by atoms with Crippen LogP contribution in [0.4, 0.5) is 5.69 Å². The van der Waals surface area contributed by atoms with E-state index in [1.165, 1.54) is 24.1 Å². The van der Waals surface area contributed by atoms with Crippen LogP contribution in [0.5, 0.6) is 0 Å². The highest BCUT2D eigenvalue weighted by Gasteiger charge is 2.34. The molecule has 1 N–H and O–H groups in total. The number of aliphatic carboxylic acids is 1. The molecule has 8 heteroatoms. The lowest BCUT2D eigenvalue weighted by Crippen LogP contribution is -2.40. The quantitative estimate of drug-likeness (QED) is 0.829. The molecule has 1 atom stereocenters. The summed E-state index contributed by atoms with van der Waals surface area (Å²) in [4.78, 5) is 25.4. The Bertz CT molecular complexity index is 984. The lowest BCUT2D eigenvalue weighted by atomic mass is 10.1. The van der Waals surface area contributed by atoms with Crippen LogP contribution in [0.3, 0.4) is 0 Å². The van der Waals surface area contributed by atoms with Gasteiger partial charge in [0.25, 0.3) is 15.9 Å². The molecule has 1 saturated heterocycles. The fraction of sp³-hybridized carbons (Fsp3) is 0.300. The number of benzene rings is 2. The number of carboxylic acid groups (broad SMARTS) is 1. The Morgan fingerprint density at radius 2 is 1.68 bits per heavy atom. The Hall–Kier alpha value is -2.87. The second-order valence-corrected chi connectivity index (χ2v) is 8.80. The molecule has 1 fully saturated rings. The third kappa shape index (κ3) is 3.73. The summed E-state index contributed by atoms with van der Waals surface area (Å²) < 4.78 is 26.7. The van der Waals surface area contributed by atoms with Crippen LogP contribution in [0.2, 0.25) is 0 Å². The molecule has 1 amide bonds. The fourth-order valence-electron chi connectivity index (χ4n) is 3.25. The molecule has 7 nitrogen and oxygen atoms in total. The zero-order valence-corrected chi connectivity index (χ0v) is 16.5. The number of carbonyl (C=O) groups is 2. The van der Waals surface area contributed by atoms with Gasteiger partial charge >= 0.3 is 5.97 Å². The molecule has 0 saturated carbocycles. The predicted octanol–water partition coefficient (Wildman–Crippen LogP) is 2.51. The van der Waals surface area contributed by atoms with Crippen molar-refractivity contribution in [1.82, 2.24) is 4.90 Å². The van der Waals surface area contributed by atoms with E-state index >= 15 is 0 Å². The summed E-state index contributed by atoms with van der Waals surface area (Å²) in [5, 5.41) is 9.24. The Morgan fingerprint density at radius 3 is 2.25 bits per heavy atom. The standard InChI is InChI=1S/C20H22N2O5S/c1-14-5-11-17(12-6-14)28(26,27)21(2)16-9-7-15(8-10-16)19(23)22-13-3-4-18(22)20(24)25/h5-12,18H,3-4,13H2,1-2H3,(H,24,25)/t18-/m0/s1. The van der Waals surface area contributed by atoms with Crippen molar-refractivity contribution >= 4 is 27.6 Å². The topological polar surface area (TPSA) is 95.0 Å². The van der Waals surface area contributed by atoms with E-state index in [2.05, 4.69) is 0 Å². The van der Waals surface area contributed by atoms with Crippen molar-refractivity contribution in [1.29, 1.82) is 0 Å². The maximum atomic E-state index is 12.8. The minimum atomic E-state index is -3.72. The summed E-state index contributed by atoms with van der Waals surface area (Å²) in [7, 11) is -2.27. The summed E-state index contributed by atoms with van der Waals surface area (Å²) in [5.41, 5.74) is 1.71. The predicted molar refractivity (Wildman–Crippen MR) is 105 cm³/mol. The number of sulfonamides is 1. The van der Waals surface area contributed by atoms with Gasteiger partial charge in [-0.1, -0.05) is 17.7 Å². The van der Waals surface area contributed by atoms with E-state index in [4.69, 9.17) is 0 Å². The number of carboxylic acids is 1. The molecule has 0 bridgehead atoms. The molecule has 1 aliphatic rings. The van der Waals surface area contributed by atoms with Gasteiger partial charge in [-0.3, -0.25) is 9.10 Å². The highest BCUT2D eigenvalue weighted by molar-refractivity contribution is 7.92. The average Bonchev–Trinajstić information content (AvgIpc) is 3.17. The van der Waals surface area contributed by atoms with E-state index in [-0.39, 0.29) is 10.8 Å². The van der Waals surface area contributed by atoms with Gasteiger partial charge < -0.3 is 10.0 Å². The van der Waals surface area contributed by atoms with Gasteiger partial charge in [0.05, 0.1) is 10.6 Å².